The maximum atomic E-state index is 0. The Morgan fingerprint density at radius 1 is 1.17 bits per heavy atom. The average molecular weight is 698 g/mol. The molecule has 0 aliphatic carbocycles. The van der Waals surface area contributed by atoms with E-state index in [1.165, 1.54) is 0 Å². The molecule has 0 unspecified atom stereocenters. The zero-order valence-electron chi connectivity index (χ0n) is 5.70. The summed E-state index contributed by atoms with van der Waals surface area (Å²) in [5.74, 6) is 0. The molecule has 0 aromatic heterocycles. The Morgan fingerprint density at radius 2 is 1.17 bits per heavy atom. The topological polar surface area (TPSA) is 0 Å². The van der Waals surface area contributed by atoms with Crippen molar-refractivity contribution >= 4 is 96.7 Å². The predicted octanol–water partition coefficient (Wildman–Crippen LogP) is -1.99. The molecule has 0 N–H and O–H groups in total. The van der Waals surface area contributed by atoms with Crippen molar-refractivity contribution in [3.05, 3.63) is 0 Å². The van der Waals surface area contributed by atoms with Crippen molar-refractivity contribution < 1.29 is 86.4 Å². The maximum absolute atomic E-state index is 0. The third-order valence-corrected chi connectivity index (χ3v) is 0. The number of hydrogen-bond donors (Lipinski definition) is 0. The van der Waals surface area contributed by atoms with Gasteiger partial charge in [-0.1, -0.05) is 0 Å². The molecule has 27 valence electrons. The van der Waals surface area contributed by atoms with E-state index in [4.69, 9.17) is 0 Å². The minimum atomic E-state index is 0. The quantitative estimate of drug-likeness (QED) is 0.258. The van der Waals surface area contributed by atoms with Crippen LogP contribution in [-0.4, -0.2) is 96.7 Å². The van der Waals surface area contributed by atoms with Crippen molar-refractivity contribution in [2.75, 3.05) is 0 Å². The standard InChI is InChI=1S/La.Pb.Sn.Sr.Ti.Zr.6H/q;;;+2;;;;;;;2*-1. The minimum absolute atomic E-state index is 0. The van der Waals surface area contributed by atoms with E-state index in [1.54, 1.807) is 0 Å². The molecular weight excluding hydrogens is 692 g/mol. The van der Waals surface area contributed by atoms with Crippen LogP contribution in [0.5, 0.6) is 0 Å². The summed E-state index contributed by atoms with van der Waals surface area (Å²) < 4.78 is 0. The first-order chi connectivity index (χ1) is 0. The molecule has 0 aliphatic heterocycles. The van der Waals surface area contributed by atoms with E-state index in [1.807, 2.05) is 0 Å². The molecule has 0 nitrogen and oxygen atoms in total. The molecule has 0 aliphatic rings. The second-order valence-corrected chi connectivity index (χ2v) is 0. The van der Waals surface area contributed by atoms with Crippen LogP contribution >= 0.6 is 0 Å². The van der Waals surface area contributed by atoms with Crippen LogP contribution < -0.4 is 0 Å². The van der Waals surface area contributed by atoms with Crippen molar-refractivity contribution in [2.24, 2.45) is 0 Å². The molecule has 6 heteroatoms. The second-order valence-electron chi connectivity index (χ2n) is 0. The smallest absolute Gasteiger partial charge is 0 e. The van der Waals surface area contributed by atoms with Gasteiger partial charge in [0.2, 0.25) is 0 Å². The Hall–Kier alpha value is 5.99. The zero-order valence-corrected chi connectivity index (χ0v) is 24.4. The summed E-state index contributed by atoms with van der Waals surface area (Å²) in [5, 5.41) is 0. The van der Waals surface area contributed by atoms with Gasteiger partial charge in [0.1, 0.15) is 0 Å². The van der Waals surface area contributed by atoms with Gasteiger partial charge in [0.25, 0.3) is 0 Å². The van der Waals surface area contributed by atoms with Crippen molar-refractivity contribution in [2.45, 2.75) is 0 Å². The fraction of sp³-hybridized carbons (Fsp3) is 0. The van der Waals surface area contributed by atoms with Gasteiger partial charge in [-0.15, -0.1) is 0 Å². The fourth-order valence-corrected chi connectivity index (χ4v) is 0. The van der Waals surface area contributed by atoms with Gasteiger partial charge in [0, 0.05) is 83.5 Å². The molecule has 0 amide bonds. The maximum Gasteiger partial charge on any atom is 2.00 e. The summed E-state index contributed by atoms with van der Waals surface area (Å²) in [6.07, 6.45) is 0. The largest absolute Gasteiger partial charge is 2.00 e. The van der Waals surface area contributed by atoms with Crippen LogP contribution in [0.1, 0.15) is 2.85 Å². The summed E-state index contributed by atoms with van der Waals surface area (Å²) in [4.78, 5) is 0. The molecule has 0 heterocycles. The Labute approximate surface area is 177 Å². The Kier molecular flexibility index (Phi) is 206. The van der Waals surface area contributed by atoms with Crippen LogP contribution in [0.25, 0.3) is 0 Å². The van der Waals surface area contributed by atoms with Crippen molar-refractivity contribution in [1.29, 1.82) is 0 Å². The normalized spacial score (nSPS) is 0. The van der Waals surface area contributed by atoms with E-state index in [2.05, 4.69) is 0 Å². The molecule has 0 saturated heterocycles. The molecule has 0 rings (SSSR count). The Bertz CT molecular complexity index is 22.0. The van der Waals surface area contributed by atoms with Gasteiger partial charge in [-0.2, -0.15) is 0 Å². The fourth-order valence-electron chi connectivity index (χ4n) is 0. The zero-order chi connectivity index (χ0) is 0. The molecule has 0 aromatic rings. The molecular formula is H6LaPbSnSrTiZr. The summed E-state index contributed by atoms with van der Waals surface area (Å²) in [7, 11) is 0. The van der Waals surface area contributed by atoms with Crippen LogP contribution in [0.2, 0.25) is 0 Å². The second kappa shape index (κ2) is 30.6. The molecule has 0 atom stereocenters. The van der Waals surface area contributed by atoms with E-state index in [0.717, 1.165) is 0 Å². The van der Waals surface area contributed by atoms with Crippen molar-refractivity contribution in [1.82, 2.24) is 0 Å². The van der Waals surface area contributed by atoms with Crippen molar-refractivity contribution in [3.63, 3.8) is 0 Å². The van der Waals surface area contributed by atoms with E-state index in [-0.39, 0.29) is 183 Å². The predicted molar refractivity (Wildman–Crippen MR) is 25.1 cm³/mol. The van der Waals surface area contributed by atoms with Gasteiger partial charge in [-0.05, 0) is 0 Å². The summed E-state index contributed by atoms with van der Waals surface area (Å²) in [6.45, 7) is 0. The van der Waals surface area contributed by atoms with Gasteiger partial charge >= 0.3 is 96.7 Å². The Balaban J connectivity index is 0. The van der Waals surface area contributed by atoms with Gasteiger partial charge in [-0.3, -0.25) is 0 Å². The molecule has 5 radical (unpaired) electrons. The minimum Gasteiger partial charge on any atom is 0 e. The van der Waals surface area contributed by atoms with E-state index < -0.39 is 0 Å². The van der Waals surface area contributed by atoms with E-state index in [0.29, 0.717) is 0 Å². The van der Waals surface area contributed by atoms with Crippen LogP contribution in [0.15, 0.2) is 0 Å². The van der Waals surface area contributed by atoms with Gasteiger partial charge < -0.3 is 2.85 Å². The summed E-state index contributed by atoms with van der Waals surface area (Å²) in [5.41, 5.74) is 0. The van der Waals surface area contributed by atoms with Gasteiger partial charge in [0.05, 0.1) is 0 Å². The first-order valence-electron chi connectivity index (χ1n) is 0. The van der Waals surface area contributed by atoms with E-state index in [9.17, 15) is 0 Å². The molecule has 0 aromatic carbocycles. The van der Waals surface area contributed by atoms with Gasteiger partial charge in [0.15, 0.2) is 0 Å². The van der Waals surface area contributed by atoms with Gasteiger partial charge in [-0.25, -0.2) is 0 Å². The van der Waals surface area contributed by atoms with Crippen LogP contribution in [-0.2, 0) is 47.9 Å². The number of hydrogen-bond acceptors (Lipinski definition) is 0. The van der Waals surface area contributed by atoms with Crippen LogP contribution in [0.4, 0.5) is 0 Å². The SMILES string of the molecule is [H-].[H-].[La].[PbH2].[SnH2].[Sr+2].[Ti].[Zr]. The average Bonchev–Trinajstić information content (AvgIpc) is 0. The molecule has 0 bridgehead atoms. The molecule has 0 saturated carbocycles. The number of rotatable bonds is 0. The third-order valence-electron chi connectivity index (χ3n) is 0. The summed E-state index contributed by atoms with van der Waals surface area (Å²) >= 11 is 0. The van der Waals surface area contributed by atoms with Crippen LogP contribution in [0, 0.1) is 35.6 Å². The Morgan fingerprint density at radius 3 is 1.17 bits per heavy atom. The molecule has 0 fully saturated rings. The summed E-state index contributed by atoms with van der Waals surface area (Å²) in [6, 6.07) is 0. The third kappa shape index (κ3) is 22.5. The first kappa shape index (κ1) is 40.4. The van der Waals surface area contributed by atoms with Crippen LogP contribution in [0.3, 0.4) is 0 Å². The molecule has 0 spiro atoms. The first-order valence-corrected chi connectivity index (χ1v) is 0. The monoisotopic (exact) mass is 699 g/mol. The van der Waals surface area contributed by atoms with Crippen molar-refractivity contribution in [3.8, 4) is 0 Å². The van der Waals surface area contributed by atoms with E-state index >= 15 is 0 Å². The molecule has 6 heavy (non-hydrogen) atoms.